The number of carbonyl (C=O) groups excluding carboxylic acids is 1. The zero-order valence-corrected chi connectivity index (χ0v) is 15.0. The standard InChI is InChI=1S/C15H20BrClN2O.ClH/c16-14-3-2-13(17)9-12(14)1-4-15(20)19-8-6-11-5-7-18-10-11;/h2-3,9,11,18H,1,4-8,10H2,(H,19,20);1H. The van der Waals surface area contributed by atoms with E-state index < -0.39 is 0 Å². The average Bonchev–Trinajstić information content (AvgIpc) is 2.93. The van der Waals surface area contributed by atoms with Crippen molar-refractivity contribution in [3.63, 3.8) is 0 Å². The molecule has 1 atom stereocenters. The summed E-state index contributed by atoms with van der Waals surface area (Å²) in [6.45, 7) is 2.98. The van der Waals surface area contributed by atoms with Crippen LogP contribution in [0.25, 0.3) is 0 Å². The molecule has 0 saturated carbocycles. The van der Waals surface area contributed by atoms with E-state index >= 15 is 0 Å². The lowest BCUT2D eigenvalue weighted by atomic mass is 10.1. The second-order valence-electron chi connectivity index (χ2n) is 5.23. The fourth-order valence-electron chi connectivity index (χ4n) is 2.45. The van der Waals surface area contributed by atoms with Crippen molar-refractivity contribution < 1.29 is 4.79 Å². The summed E-state index contributed by atoms with van der Waals surface area (Å²) in [5, 5.41) is 7.04. The number of benzene rings is 1. The van der Waals surface area contributed by atoms with Gasteiger partial charge in [-0.2, -0.15) is 0 Å². The molecule has 3 nitrogen and oxygen atoms in total. The van der Waals surface area contributed by atoms with Crippen LogP contribution in [-0.4, -0.2) is 25.5 Å². The van der Waals surface area contributed by atoms with Gasteiger partial charge in [-0.25, -0.2) is 0 Å². The molecule has 0 spiro atoms. The van der Waals surface area contributed by atoms with Crippen LogP contribution in [0.3, 0.4) is 0 Å². The molecule has 1 heterocycles. The molecule has 1 fully saturated rings. The summed E-state index contributed by atoms with van der Waals surface area (Å²) in [7, 11) is 0. The van der Waals surface area contributed by atoms with Crippen LogP contribution in [0.1, 0.15) is 24.8 Å². The first-order chi connectivity index (χ1) is 9.65. The summed E-state index contributed by atoms with van der Waals surface area (Å²) >= 11 is 9.44. The lowest BCUT2D eigenvalue weighted by Crippen LogP contribution is -2.26. The van der Waals surface area contributed by atoms with E-state index in [9.17, 15) is 4.79 Å². The number of hydrogen-bond donors (Lipinski definition) is 2. The third-order valence-electron chi connectivity index (χ3n) is 3.67. The molecule has 118 valence electrons. The Morgan fingerprint density at radius 1 is 1.48 bits per heavy atom. The summed E-state index contributed by atoms with van der Waals surface area (Å²) < 4.78 is 1.01. The number of rotatable bonds is 6. The fourth-order valence-corrected chi connectivity index (χ4v) is 3.09. The summed E-state index contributed by atoms with van der Waals surface area (Å²) in [6, 6.07) is 5.66. The predicted molar refractivity (Wildman–Crippen MR) is 93.3 cm³/mol. The van der Waals surface area contributed by atoms with Crippen LogP contribution in [0.2, 0.25) is 5.02 Å². The molecule has 1 aromatic carbocycles. The van der Waals surface area contributed by atoms with Crippen molar-refractivity contribution in [3.8, 4) is 0 Å². The third kappa shape index (κ3) is 6.55. The SMILES string of the molecule is Cl.O=C(CCc1cc(Cl)ccc1Br)NCCC1CCNC1. The summed E-state index contributed by atoms with van der Waals surface area (Å²) in [4.78, 5) is 11.8. The van der Waals surface area contributed by atoms with Gasteiger partial charge >= 0.3 is 0 Å². The minimum absolute atomic E-state index is 0. The highest BCUT2D eigenvalue weighted by molar-refractivity contribution is 9.10. The first-order valence-corrected chi connectivity index (χ1v) is 8.23. The Hall–Kier alpha value is -0.290. The molecular formula is C15H21BrCl2N2O. The lowest BCUT2D eigenvalue weighted by Gasteiger charge is -2.10. The van der Waals surface area contributed by atoms with Crippen molar-refractivity contribution in [2.24, 2.45) is 5.92 Å². The van der Waals surface area contributed by atoms with E-state index in [1.807, 2.05) is 18.2 Å². The molecule has 1 aromatic rings. The molecule has 0 aliphatic carbocycles. The summed E-state index contributed by atoms with van der Waals surface area (Å²) in [6.07, 6.45) is 3.50. The topological polar surface area (TPSA) is 41.1 Å². The van der Waals surface area contributed by atoms with Crippen LogP contribution < -0.4 is 10.6 Å². The zero-order chi connectivity index (χ0) is 14.4. The van der Waals surface area contributed by atoms with Crippen molar-refractivity contribution in [2.45, 2.75) is 25.7 Å². The van der Waals surface area contributed by atoms with E-state index in [-0.39, 0.29) is 18.3 Å². The van der Waals surface area contributed by atoms with Gasteiger partial charge in [0.15, 0.2) is 0 Å². The highest BCUT2D eigenvalue weighted by Gasteiger charge is 2.14. The Morgan fingerprint density at radius 3 is 3.00 bits per heavy atom. The minimum atomic E-state index is 0. The highest BCUT2D eigenvalue weighted by Crippen LogP contribution is 2.22. The summed E-state index contributed by atoms with van der Waals surface area (Å²) in [5.41, 5.74) is 1.08. The number of aryl methyl sites for hydroxylation is 1. The smallest absolute Gasteiger partial charge is 0.220 e. The highest BCUT2D eigenvalue weighted by atomic mass is 79.9. The van der Waals surface area contributed by atoms with Gasteiger partial charge in [0, 0.05) is 22.5 Å². The van der Waals surface area contributed by atoms with Gasteiger partial charge in [-0.1, -0.05) is 27.5 Å². The van der Waals surface area contributed by atoms with Gasteiger partial charge in [-0.15, -0.1) is 12.4 Å². The van der Waals surface area contributed by atoms with E-state index in [1.54, 1.807) is 0 Å². The van der Waals surface area contributed by atoms with Crippen molar-refractivity contribution in [2.75, 3.05) is 19.6 Å². The predicted octanol–water partition coefficient (Wildman–Crippen LogP) is 3.57. The maximum Gasteiger partial charge on any atom is 0.220 e. The maximum absolute atomic E-state index is 11.8. The minimum Gasteiger partial charge on any atom is -0.356 e. The molecule has 1 amide bonds. The Labute approximate surface area is 145 Å². The lowest BCUT2D eigenvalue weighted by molar-refractivity contribution is -0.121. The van der Waals surface area contributed by atoms with E-state index in [1.165, 1.54) is 6.42 Å². The Balaban J connectivity index is 0.00000220. The number of carbonyl (C=O) groups is 1. The molecular weight excluding hydrogens is 375 g/mol. The van der Waals surface area contributed by atoms with Gasteiger partial charge < -0.3 is 10.6 Å². The van der Waals surface area contributed by atoms with Crippen LogP contribution in [0.5, 0.6) is 0 Å². The van der Waals surface area contributed by atoms with Crippen LogP contribution in [-0.2, 0) is 11.2 Å². The van der Waals surface area contributed by atoms with Crippen LogP contribution in [0.15, 0.2) is 22.7 Å². The van der Waals surface area contributed by atoms with Crippen molar-refractivity contribution in [1.82, 2.24) is 10.6 Å². The van der Waals surface area contributed by atoms with E-state index in [0.717, 1.165) is 42.0 Å². The normalized spacial score (nSPS) is 17.3. The van der Waals surface area contributed by atoms with Gasteiger partial charge in [-0.3, -0.25) is 4.79 Å². The Kier molecular flexibility index (Phi) is 8.64. The van der Waals surface area contributed by atoms with E-state index in [4.69, 9.17) is 11.6 Å². The first kappa shape index (κ1) is 18.8. The zero-order valence-electron chi connectivity index (χ0n) is 11.8. The Bertz CT molecular complexity index is 465. The molecule has 21 heavy (non-hydrogen) atoms. The van der Waals surface area contributed by atoms with E-state index in [2.05, 4.69) is 26.6 Å². The van der Waals surface area contributed by atoms with Crippen LogP contribution in [0.4, 0.5) is 0 Å². The fraction of sp³-hybridized carbons (Fsp3) is 0.533. The molecule has 0 aromatic heterocycles. The maximum atomic E-state index is 11.8. The molecule has 2 N–H and O–H groups in total. The van der Waals surface area contributed by atoms with Crippen LogP contribution >= 0.6 is 39.9 Å². The molecule has 0 bridgehead atoms. The Morgan fingerprint density at radius 2 is 2.29 bits per heavy atom. The van der Waals surface area contributed by atoms with Crippen molar-refractivity contribution in [1.29, 1.82) is 0 Å². The number of hydrogen-bond acceptors (Lipinski definition) is 2. The summed E-state index contributed by atoms with van der Waals surface area (Å²) in [5.74, 6) is 0.834. The molecule has 1 aliphatic heterocycles. The number of halogens is 3. The van der Waals surface area contributed by atoms with E-state index in [0.29, 0.717) is 17.9 Å². The van der Waals surface area contributed by atoms with Gasteiger partial charge in [0.1, 0.15) is 0 Å². The van der Waals surface area contributed by atoms with Crippen molar-refractivity contribution in [3.05, 3.63) is 33.3 Å². The first-order valence-electron chi connectivity index (χ1n) is 7.06. The van der Waals surface area contributed by atoms with Gasteiger partial charge in [0.05, 0.1) is 0 Å². The molecule has 1 aliphatic rings. The monoisotopic (exact) mass is 394 g/mol. The largest absolute Gasteiger partial charge is 0.356 e. The molecule has 1 unspecified atom stereocenters. The molecule has 0 radical (unpaired) electrons. The molecule has 2 rings (SSSR count). The van der Waals surface area contributed by atoms with Gasteiger partial charge in [-0.05, 0) is 62.0 Å². The average molecular weight is 396 g/mol. The quantitative estimate of drug-likeness (QED) is 0.772. The third-order valence-corrected chi connectivity index (χ3v) is 4.68. The second kappa shape index (κ2) is 9.67. The van der Waals surface area contributed by atoms with Gasteiger partial charge in [0.2, 0.25) is 5.91 Å². The van der Waals surface area contributed by atoms with Gasteiger partial charge in [0.25, 0.3) is 0 Å². The number of amides is 1. The second-order valence-corrected chi connectivity index (χ2v) is 6.52. The van der Waals surface area contributed by atoms with Crippen LogP contribution in [0, 0.1) is 5.92 Å². The molecule has 1 saturated heterocycles. The number of nitrogens with one attached hydrogen (secondary N) is 2. The van der Waals surface area contributed by atoms with Crippen molar-refractivity contribution >= 4 is 45.8 Å². The molecule has 6 heteroatoms.